The summed E-state index contributed by atoms with van der Waals surface area (Å²) in [6.07, 6.45) is -0.357. The van der Waals surface area contributed by atoms with Crippen molar-refractivity contribution in [3.05, 3.63) is 29.8 Å². The molecule has 1 aromatic carbocycles. The van der Waals surface area contributed by atoms with Crippen molar-refractivity contribution in [1.82, 2.24) is 0 Å². The number of amides is 1. The van der Waals surface area contributed by atoms with Crippen molar-refractivity contribution in [3.63, 3.8) is 0 Å². The Morgan fingerprint density at radius 1 is 1.39 bits per heavy atom. The quantitative estimate of drug-likeness (QED) is 0.796. The molecule has 1 aromatic rings. The van der Waals surface area contributed by atoms with E-state index in [2.05, 4.69) is 10.1 Å². The third kappa shape index (κ3) is 2.03. The van der Waals surface area contributed by atoms with Gasteiger partial charge in [-0.15, -0.1) is 0 Å². The molecular formula is C16H17NO6. The first-order chi connectivity index (χ1) is 10.8. The highest BCUT2D eigenvalue weighted by molar-refractivity contribution is 5.99. The first kappa shape index (κ1) is 15.5. The van der Waals surface area contributed by atoms with Gasteiger partial charge in [0.25, 0.3) is 0 Å². The molecule has 3 rings (SSSR count). The summed E-state index contributed by atoms with van der Waals surface area (Å²) >= 11 is 0. The van der Waals surface area contributed by atoms with Crippen LogP contribution in [0.2, 0.25) is 0 Å². The van der Waals surface area contributed by atoms with Gasteiger partial charge in [0.15, 0.2) is 5.60 Å². The van der Waals surface area contributed by atoms with Crippen molar-refractivity contribution in [2.24, 2.45) is 5.92 Å². The third-order valence-electron chi connectivity index (χ3n) is 4.59. The van der Waals surface area contributed by atoms with Gasteiger partial charge in [-0.05, 0) is 12.5 Å². The van der Waals surface area contributed by atoms with E-state index in [0.29, 0.717) is 11.3 Å². The van der Waals surface area contributed by atoms with E-state index in [1.54, 1.807) is 24.3 Å². The lowest BCUT2D eigenvalue weighted by Gasteiger charge is -2.60. The van der Waals surface area contributed by atoms with Crippen LogP contribution in [0.1, 0.15) is 25.3 Å². The molecule has 1 aliphatic carbocycles. The molecule has 0 saturated heterocycles. The molecule has 3 atom stereocenters. The zero-order valence-electron chi connectivity index (χ0n) is 12.8. The highest BCUT2D eigenvalue weighted by atomic mass is 16.6. The number of ether oxygens (including phenoxy) is 2. The maximum absolute atomic E-state index is 12.3. The average Bonchev–Trinajstić information content (AvgIpc) is 2.49. The summed E-state index contributed by atoms with van der Waals surface area (Å²) in [4.78, 5) is 35.7. The van der Waals surface area contributed by atoms with Gasteiger partial charge in [0.05, 0.1) is 19.4 Å². The number of para-hydroxylation sites is 1. The van der Waals surface area contributed by atoms with Crippen molar-refractivity contribution in [2.75, 3.05) is 12.4 Å². The Balaban J connectivity index is 2.16. The van der Waals surface area contributed by atoms with Crippen LogP contribution >= 0.6 is 0 Å². The molecule has 1 amide bonds. The summed E-state index contributed by atoms with van der Waals surface area (Å²) < 4.78 is 10.1. The number of esters is 2. The topological polar surface area (TPSA) is 102 Å². The van der Waals surface area contributed by atoms with Crippen molar-refractivity contribution >= 4 is 23.5 Å². The maximum Gasteiger partial charge on any atom is 0.308 e. The van der Waals surface area contributed by atoms with Crippen molar-refractivity contribution in [2.45, 2.75) is 31.0 Å². The number of anilines is 1. The number of carbonyl (C=O) groups excluding carboxylic acids is 3. The Labute approximate surface area is 132 Å². The first-order valence-electron chi connectivity index (χ1n) is 7.23. The molecule has 23 heavy (non-hydrogen) atoms. The van der Waals surface area contributed by atoms with Crippen LogP contribution < -0.4 is 5.32 Å². The summed E-state index contributed by atoms with van der Waals surface area (Å²) in [5, 5.41) is 13.7. The second-order valence-corrected chi connectivity index (χ2v) is 5.91. The van der Waals surface area contributed by atoms with E-state index in [-0.39, 0.29) is 18.7 Å². The van der Waals surface area contributed by atoms with Crippen LogP contribution in [-0.2, 0) is 29.5 Å². The first-order valence-corrected chi connectivity index (χ1v) is 7.23. The van der Waals surface area contributed by atoms with E-state index in [4.69, 9.17) is 4.74 Å². The van der Waals surface area contributed by atoms with Gasteiger partial charge in [-0.3, -0.25) is 14.4 Å². The molecule has 2 N–H and O–H groups in total. The van der Waals surface area contributed by atoms with Gasteiger partial charge in [0, 0.05) is 18.2 Å². The standard InChI is InChI=1S/C16H17NO6/c1-9(18)23-16-10-5-3-4-6-12(10)17-14(20)11(16)7-15(16,21)8-13(19)22-2/h3-6,11,21H,7-8H2,1-2H3,(H,17,20)/t11-,15+,16-/m0/s1. The number of nitrogens with one attached hydrogen (secondary N) is 1. The summed E-state index contributed by atoms with van der Waals surface area (Å²) in [6.45, 7) is 1.21. The molecule has 0 spiro atoms. The van der Waals surface area contributed by atoms with Gasteiger partial charge in [-0.25, -0.2) is 0 Å². The number of benzene rings is 1. The van der Waals surface area contributed by atoms with Crippen LogP contribution in [0.4, 0.5) is 5.69 Å². The van der Waals surface area contributed by atoms with E-state index >= 15 is 0 Å². The maximum atomic E-state index is 12.3. The smallest absolute Gasteiger partial charge is 0.308 e. The summed E-state index contributed by atoms with van der Waals surface area (Å²) in [6, 6.07) is 6.77. The molecule has 0 unspecified atom stereocenters. The minimum absolute atomic E-state index is 0.00947. The van der Waals surface area contributed by atoms with Gasteiger partial charge >= 0.3 is 11.9 Å². The number of fused-ring (bicyclic) bond motifs is 3. The molecule has 7 nitrogen and oxygen atoms in total. The number of hydrogen-bond acceptors (Lipinski definition) is 6. The summed E-state index contributed by atoms with van der Waals surface area (Å²) in [7, 11) is 1.21. The monoisotopic (exact) mass is 319 g/mol. The number of carbonyl (C=O) groups is 3. The number of aliphatic hydroxyl groups is 1. The van der Waals surface area contributed by atoms with Crippen molar-refractivity contribution in [1.29, 1.82) is 0 Å². The van der Waals surface area contributed by atoms with E-state index < -0.39 is 29.1 Å². The fourth-order valence-electron chi connectivity index (χ4n) is 3.64. The minimum Gasteiger partial charge on any atom is -0.469 e. The van der Waals surface area contributed by atoms with Gasteiger partial charge in [-0.2, -0.15) is 0 Å². The van der Waals surface area contributed by atoms with Gasteiger partial charge in [0.1, 0.15) is 5.60 Å². The summed E-state index contributed by atoms with van der Waals surface area (Å²) in [5.41, 5.74) is -2.33. The minimum atomic E-state index is -1.69. The third-order valence-corrected chi connectivity index (χ3v) is 4.59. The highest BCUT2D eigenvalue weighted by Gasteiger charge is 2.73. The van der Waals surface area contributed by atoms with Crippen LogP contribution in [0.3, 0.4) is 0 Å². The van der Waals surface area contributed by atoms with Gasteiger partial charge < -0.3 is 19.9 Å². The van der Waals surface area contributed by atoms with E-state index in [0.717, 1.165) is 0 Å². The lowest BCUT2D eigenvalue weighted by Crippen LogP contribution is -2.73. The molecule has 1 fully saturated rings. The van der Waals surface area contributed by atoms with Crippen LogP contribution in [-0.4, -0.2) is 35.7 Å². The Morgan fingerprint density at radius 3 is 2.74 bits per heavy atom. The fraction of sp³-hybridized carbons (Fsp3) is 0.438. The predicted molar refractivity (Wildman–Crippen MR) is 78.2 cm³/mol. The molecule has 1 saturated carbocycles. The average molecular weight is 319 g/mol. The Bertz CT molecular complexity index is 702. The van der Waals surface area contributed by atoms with Gasteiger partial charge in [0.2, 0.25) is 5.91 Å². The predicted octanol–water partition coefficient (Wildman–Crippen LogP) is 0.711. The second kappa shape index (κ2) is 5.06. The SMILES string of the molecule is COC(=O)C[C@]1(O)C[C@H]2C(=O)Nc3ccccc3[C@]21OC(C)=O. The number of hydrogen-bond donors (Lipinski definition) is 2. The van der Waals surface area contributed by atoms with E-state index in [1.165, 1.54) is 14.0 Å². The zero-order valence-corrected chi connectivity index (χ0v) is 12.8. The van der Waals surface area contributed by atoms with E-state index in [1.807, 2.05) is 0 Å². The molecule has 1 heterocycles. The molecule has 0 bridgehead atoms. The Kier molecular flexibility index (Phi) is 3.40. The normalized spacial score (nSPS) is 31.1. The second-order valence-electron chi connectivity index (χ2n) is 5.91. The molecule has 0 radical (unpaired) electrons. The van der Waals surface area contributed by atoms with Crippen LogP contribution in [0.15, 0.2) is 24.3 Å². The van der Waals surface area contributed by atoms with Gasteiger partial charge in [-0.1, -0.05) is 18.2 Å². The highest BCUT2D eigenvalue weighted by Crippen LogP contribution is 2.62. The number of rotatable bonds is 3. The largest absolute Gasteiger partial charge is 0.469 e. The Hall–Kier alpha value is -2.41. The van der Waals surface area contributed by atoms with Crippen LogP contribution in [0.25, 0.3) is 0 Å². The van der Waals surface area contributed by atoms with Crippen LogP contribution in [0, 0.1) is 5.92 Å². The molecule has 2 aliphatic rings. The molecule has 7 heteroatoms. The molecule has 0 aromatic heterocycles. The van der Waals surface area contributed by atoms with Crippen LogP contribution in [0.5, 0.6) is 0 Å². The zero-order chi connectivity index (χ0) is 16.8. The van der Waals surface area contributed by atoms with E-state index in [9.17, 15) is 19.5 Å². The Morgan fingerprint density at radius 2 is 2.09 bits per heavy atom. The fourth-order valence-corrected chi connectivity index (χ4v) is 3.64. The lowest BCUT2D eigenvalue weighted by molar-refractivity contribution is -0.276. The molecule has 122 valence electrons. The molecule has 1 aliphatic heterocycles. The van der Waals surface area contributed by atoms with Crippen molar-refractivity contribution < 1.29 is 29.0 Å². The lowest BCUT2D eigenvalue weighted by atomic mass is 9.51. The summed E-state index contributed by atoms with van der Waals surface area (Å²) in [5.74, 6) is -2.38. The molecular weight excluding hydrogens is 302 g/mol. The number of methoxy groups -OCH3 is 1. The van der Waals surface area contributed by atoms with Crippen molar-refractivity contribution in [3.8, 4) is 0 Å².